The maximum Gasteiger partial charge on any atom is 0.251 e. The van der Waals surface area contributed by atoms with Crippen molar-refractivity contribution in [2.75, 3.05) is 0 Å². The van der Waals surface area contributed by atoms with Crippen molar-refractivity contribution in [3.05, 3.63) is 113 Å². The summed E-state index contributed by atoms with van der Waals surface area (Å²) in [7, 11) is 0. The molecule has 0 aliphatic carbocycles. The summed E-state index contributed by atoms with van der Waals surface area (Å²) in [4.78, 5) is 17.4. The van der Waals surface area contributed by atoms with E-state index in [4.69, 9.17) is 4.99 Å². The van der Waals surface area contributed by atoms with Crippen LogP contribution in [0.5, 0.6) is 0 Å². The molecular weight excluding hydrogens is 408 g/mol. The van der Waals surface area contributed by atoms with E-state index in [1.165, 1.54) is 11.1 Å². The fraction of sp³-hybridized carbons (Fsp3) is 0.179. The number of carbonyl (C=O) groups excluding carboxylic acids is 1. The lowest BCUT2D eigenvalue weighted by Crippen LogP contribution is -2.26. The lowest BCUT2D eigenvalue weighted by Gasteiger charge is -2.21. The highest BCUT2D eigenvalue weighted by Crippen LogP contribution is 2.41. The van der Waals surface area contributed by atoms with E-state index in [1.807, 2.05) is 78.6 Å². The number of para-hydroxylation sites is 1. The third-order valence-corrected chi connectivity index (χ3v) is 6.23. The maximum atomic E-state index is 12.5. The Bertz CT molecular complexity index is 1350. The van der Waals surface area contributed by atoms with Crippen LogP contribution in [-0.2, 0) is 12.0 Å². The van der Waals surface area contributed by atoms with Gasteiger partial charge in [-0.05, 0) is 48.4 Å². The van der Waals surface area contributed by atoms with E-state index < -0.39 is 0 Å². The molecule has 0 atom stereocenters. The number of carbonyl (C=O) groups is 1. The van der Waals surface area contributed by atoms with Crippen molar-refractivity contribution in [1.82, 2.24) is 15.1 Å². The van der Waals surface area contributed by atoms with E-state index in [0.717, 1.165) is 28.2 Å². The van der Waals surface area contributed by atoms with Gasteiger partial charge < -0.3 is 5.32 Å². The number of hydrogen-bond acceptors (Lipinski definition) is 3. The Hall–Kier alpha value is -3.99. The van der Waals surface area contributed by atoms with E-state index in [2.05, 4.69) is 42.5 Å². The summed E-state index contributed by atoms with van der Waals surface area (Å²) in [6.07, 6.45) is 3.85. The molecule has 0 bridgehead atoms. The fourth-order valence-electron chi connectivity index (χ4n) is 4.25. The Morgan fingerprint density at radius 1 is 0.970 bits per heavy atom. The molecule has 2 heterocycles. The summed E-state index contributed by atoms with van der Waals surface area (Å²) in [5.74, 6) is -0.0943. The van der Waals surface area contributed by atoms with Gasteiger partial charge in [0.25, 0.3) is 5.91 Å². The van der Waals surface area contributed by atoms with E-state index in [9.17, 15) is 4.79 Å². The molecule has 3 aromatic carbocycles. The quantitative estimate of drug-likeness (QED) is 0.449. The average molecular weight is 435 g/mol. The summed E-state index contributed by atoms with van der Waals surface area (Å²) in [5, 5.41) is 7.53. The molecule has 1 aliphatic rings. The number of nitrogens with zero attached hydrogens (tertiary/aromatic N) is 3. The predicted molar refractivity (Wildman–Crippen MR) is 132 cm³/mol. The monoisotopic (exact) mass is 434 g/mol. The molecule has 0 saturated carbocycles. The van der Waals surface area contributed by atoms with Gasteiger partial charge in [-0.2, -0.15) is 5.10 Å². The number of amides is 1. The first-order chi connectivity index (χ1) is 15.9. The van der Waals surface area contributed by atoms with Crippen LogP contribution < -0.4 is 5.32 Å². The second-order valence-electron chi connectivity index (χ2n) is 8.99. The Morgan fingerprint density at radius 3 is 2.42 bits per heavy atom. The lowest BCUT2D eigenvalue weighted by molar-refractivity contribution is 0.0951. The summed E-state index contributed by atoms with van der Waals surface area (Å²) in [6, 6.07) is 23.9. The van der Waals surface area contributed by atoms with Gasteiger partial charge in [-0.3, -0.25) is 9.79 Å². The van der Waals surface area contributed by atoms with Gasteiger partial charge in [0.05, 0.1) is 23.3 Å². The third-order valence-electron chi connectivity index (χ3n) is 6.23. The van der Waals surface area contributed by atoms with Crippen molar-refractivity contribution in [3.63, 3.8) is 0 Å². The van der Waals surface area contributed by atoms with E-state index in [0.29, 0.717) is 12.1 Å². The highest BCUT2D eigenvalue weighted by molar-refractivity contribution is 6.12. The number of aliphatic imine (C=N–C) groups is 1. The van der Waals surface area contributed by atoms with Gasteiger partial charge in [0.15, 0.2) is 0 Å². The van der Waals surface area contributed by atoms with Crippen LogP contribution in [0.2, 0.25) is 0 Å². The summed E-state index contributed by atoms with van der Waals surface area (Å²) in [6.45, 7) is 6.94. The van der Waals surface area contributed by atoms with Gasteiger partial charge in [-0.1, -0.05) is 61.9 Å². The van der Waals surface area contributed by atoms with Gasteiger partial charge in [0, 0.05) is 29.3 Å². The normalized spacial score (nSPS) is 14.0. The molecule has 0 fully saturated rings. The predicted octanol–water partition coefficient (Wildman–Crippen LogP) is 5.52. The molecule has 1 amide bonds. The minimum absolute atomic E-state index is 0.0943. The molecule has 164 valence electrons. The van der Waals surface area contributed by atoms with Crippen molar-refractivity contribution in [2.24, 2.45) is 4.99 Å². The molecule has 5 heteroatoms. The van der Waals surface area contributed by atoms with Crippen LogP contribution in [0.3, 0.4) is 0 Å². The first-order valence-electron chi connectivity index (χ1n) is 11.1. The van der Waals surface area contributed by atoms with Crippen molar-refractivity contribution >= 4 is 17.3 Å². The van der Waals surface area contributed by atoms with Crippen LogP contribution in [0.4, 0.5) is 5.69 Å². The molecule has 1 aromatic heterocycles. The maximum absolute atomic E-state index is 12.5. The average Bonchev–Trinajstić information content (AvgIpc) is 3.41. The molecule has 33 heavy (non-hydrogen) atoms. The number of aryl methyl sites for hydroxylation is 1. The zero-order chi connectivity index (χ0) is 23.0. The zero-order valence-electron chi connectivity index (χ0n) is 19.0. The van der Waals surface area contributed by atoms with Crippen LogP contribution in [0.1, 0.15) is 46.5 Å². The van der Waals surface area contributed by atoms with Gasteiger partial charge in [0.1, 0.15) is 0 Å². The van der Waals surface area contributed by atoms with Crippen LogP contribution in [0.25, 0.3) is 5.69 Å². The first-order valence-corrected chi connectivity index (χ1v) is 11.1. The van der Waals surface area contributed by atoms with Gasteiger partial charge in [-0.25, -0.2) is 4.68 Å². The van der Waals surface area contributed by atoms with E-state index in [1.54, 1.807) is 0 Å². The molecular formula is C28H26N4O. The Balaban J connectivity index is 1.30. The minimum Gasteiger partial charge on any atom is -0.348 e. The fourth-order valence-corrected chi connectivity index (χ4v) is 4.25. The zero-order valence-corrected chi connectivity index (χ0v) is 19.0. The Kier molecular flexibility index (Phi) is 5.17. The summed E-state index contributed by atoms with van der Waals surface area (Å²) >= 11 is 0. The molecule has 0 spiro atoms. The van der Waals surface area contributed by atoms with Gasteiger partial charge in [0.2, 0.25) is 0 Å². The molecule has 1 aliphatic heterocycles. The molecule has 4 aromatic rings. The van der Waals surface area contributed by atoms with Crippen molar-refractivity contribution in [1.29, 1.82) is 0 Å². The van der Waals surface area contributed by atoms with Crippen LogP contribution in [0, 0.1) is 6.92 Å². The topological polar surface area (TPSA) is 59.3 Å². The number of benzene rings is 3. The molecule has 0 radical (unpaired) electrons. The minimum atomic E-state index is -0.177. The second-order valence-corrected chi connectivity index (χ2v) is 8.99. The first kappa shape index (κ1) is 20.9. The summed E-state index contributed by atoms with van der Waals surface area (Å²) < 4.78 is 1.82. The number of aromatic nitrogens is 2. The smallest absolute Gasteiger partial charge is 0.251 e. The number of fused-ring (bicyclic) bond motifs is 1. The third kappa shape index (κ3) is 3.98. The van der Waals surface area contributed by atoms with Crippen molar-refractivity contribution < 1.29 is 4.79 Å². The lowest BCUT2D eigenvalue weighted by atomic mass is 9.80. The number of nitrogens with one attached hydrogen (secondary N) is 1. The molecule has 0 saturated heterocycles. The van der Waals surface area contributed by atoms with Crippen LogP contribution in [0.15, 0.2) is 90.2 Å². The standard InChI is InChI=1S/C28H26N4O/c1-19-8-10-20(11-9-19)16-29-27(33)21-12-14-23(15-13-21)32-18-22(17-30-32)26-28(2,3)24-6-4-5-7-25(24)31-26/h4-15,17-18H,16H2,1-3H3,(H,29,33). The van der Waals surface area contributed by atoms with Crippen LogP contribution >= 0.6 is 0 Å². The van der Waals surface area contributed by atoms with E-state index >= 15 is 0 Å². The Morgan fingerprint density at radius 2 is 1.70 bits per heavy atom. The number of rotatable bonds is 5. The second kappa shape index (κ2) is 8.17. The van der Waals surface area contributed by atoms with E-state index in [-0.39, 0.29) is 11.3 Å². The molecule has 5 rings (SSSR count). The SMILES string of the molecule is Cc1ccc(CNC(=O)c2ccc(-n3cc(C4=Nc5ccccc5C4(C)C)cn3)cc2)cc1. The highest BCUT2D eigenvalue weighted by Gasteiger charge is 2.36. The van der Waals surface area contributed by atoms with Crippen LogP contribution in [-0.4, -0.2) is 21.4 Å². The van der Waals surface area contributed by atoms with Gasteiger partial charge in [-0.15, -0.1) is 0 Å². The molecule has 5 nitrogen and oxygen atoms in total. The number of hydrogen-bond donors (Lipinski definition) is 1. The Labute approximate surface area is 193 Å². The van der Waals surface area contributed by atoms with Crippen molar-refractivity contribution in [2.45, 2.75) is 32.7 Å². The molecule has 1 N–H and O–H groups in total. The molecule has 0 unspecified atom stereocenters. The van der Waals surface area contributed by atoms with Crippen molar-refractivity contribution in [3.8, 4) is 5.69 Å². The largest absolute Gasteiger partial charge is 0.348 e. The summed E-state index contributed by atoms with van der Waals surface area (Å²) in [5.41, 5.74) is 7.88. The van der Waals surface area contributed by atoms with Gasteiger partial charge >= 0.3 is 0 Å². The highest BCUT2D eigenvalue weighted by atomic mass is 16.1.